The van der Waals surface area contributed by atoms with E-state index in [1.165, 1.54) is 163 Å². The summed E-state index contributed by atoms with van der Waals surface area (Å²) in [6, 6.07) is 0. The van der Waals surface area contributed by atoms with E-state index in [0.717, 1.165) is 17.8 Å². The Hall–Kier alpha value is -0.280. The van der Waals surface area contributed by atoms with Gasteiger partial charge in [0.15, 0.2) is 0 Å². The lowest BCUT2D eigenvalue weighted by molar-refractivity contribution is -0.0116. The highest BCUT2D eigenvalue weighted by atomic mass is 15.3. The molecule has 0 aliphatic carbocycles. The highest BCUT2D eigenvalue weighted by molar-refractivity contribution is 5.00. The summed E-state index contributed by atoms with van der Waals surface area (Å²) in [6.07, 6.45) is 12.7. The average molecular weight is 854 g/mol. The third-order valence-electron chi connectivity index (χ3n) is 17.0. The number of fused-ring (bicyclic) bond motifs is 1. The molecule has 0 bridgehead atoms. The van der Waals surface area contributed by atoms with Gasteiger partial charge in [0.05, 0.1) is 0 Å². The van der Waals surface area contributed by atoms with Crippen LogP contribution in [0.5, 0.6) is 0 Å². The quantitative estimate of drug-likeness (QED) is 0.279. The van der Waals surface area contributed by atoms with Crippen LogP contribution in [-0.4, -0.2) is 167 Å². The van der Waals surface area contributed by atoms with Gasteiger partial charge in [-0.2, -0.15) is 0 Å². The molecule has 7 saturated heterocycles. The van der Waals surface area contributed by atoms with E-state index in [0.29, 0.717) is 43.9 Å². The molecule has 0 aromatic carbocycles. The number of hydrogen-bond acceptors (Lipinski definition) is 7. The molecule has 2 unspecified atom stereocenters. The van der Waals surface area contributed by atoms with Crippen LogP contribution < -0.4 is 0 Å². The minimum atomic E-state index is 0.349. The first-order chi connectivity index (χ1) is 27.8. The van der Waals surface area contributed by atoms with Gasteiger partial charge < -0.3 is 9.80 Å². The van der Waals surface area contributed by atoms with Crippen molar-refractivity contribution in [3.05, 3.63) is 0 Å². The molecule has 0 aromatic heterocycles. The Morgan fingerprint density at radius 1 is 0.377 bits per heavy atom. The molecular weight excluding hydrogens is 747 g/mol. The highest BCUT2D eigenvalue weighted by Crippen LogP contribution is 2.44. The number of rotatable bonds is 3. The first-order valence-corrected chi connectivity index (χ1v) is 26.1. The van der Waals surface area contributed by atoms with Gasteiger partial charge in [0.25, 0.3) is 0 Å². The summed E-state index contributed by atoms with van der Waals surface area (Å²) >= 11 is 0. The average Bonchev–Trinajstić information content (AvgIpc) is 3.82. The van der Waals surface area contributed by atoms with Gasteiger partial charge in [-0.15, -0.1) is 0 Å². The first-order valence-electron chi connectivity index (χ1n) is 26.1. The maximum atomic E-state index is 2.80. The summed E-state index contributed by atoms with van der Waals surface area (Å²) in [5, 5.41) is 0. The van der Waals surface area contributed by atoms with Gasteiger partial charge in [-0.3, -0.25) is 24.5 Å². The van der Waals surface area contributed by atoms with Crippen molar-refractivity contribution in [2.45, 2.75) is 210 Å². The van der Waals surface area contributed by atoms with Crippen molar-refractivity contribution in [3.8, 4) is 0 Å². The Balaban J connectivity index is 0.000000175. The van der Waals surface area contributed by atoms with Crippen LogP contribution >= 0.6 is 0 Å². The number of likely N-dealkylation sites (tertiary alicyclic amines) is 7. The van der Waals surface area contributed by atoms with Gasteiger partial charge in [-0.05, 0) is 248 Å². The van der Waals surface area contributed by atoms with E-state index in [9.17, 15) is 0 Å². The second kappa shape index (κ2) is 19.5. The summed E-state index contributed by atoms with van der Waals surface area (Å²) in [5.41, 5.74) is 3.46. The topological polar surface area (TPSA) is 22.7 Å². The Bertz CT molecular complexity index is 1310. The zero-order chi connectivity index (χ0) is 45.5. The summed E-state index contributed by atoms with van der Waals surface area (Å²) in [5.74, 6) is 2.80. The third kappa shape index (κ3) is 14.9. The second-order valence-electron chi connectivity index (χ2n) is 28.4. The van der Waals surface area contributed by atoms with Crippen LogP contribution in [0, 0.1) is 34.0 Å². The van der Waals surface area contributed by atoms with Crippen LogP contribution in [0.2, 0.25) is 0 Å². The maximum Gasteiger partial charge on any atom is 0.0125 e. The van der Waals surface area contributed by atoms with Crippen molar-refractivity contribution < 1.29 is 0 Å². The van der Waals surface area contributed by atoms with E-state index in [4.69, 9.17) is 0 Å². The molecule has 7 heteroatoms. The molecule has 7 heterocycles. The van der Waals surface area contributed by atoms with Crippen molar-refractivity contribution in [1.82, 2.24) is 34.3 Å². The lowest BCUT2D eigenvalue weighted by Crippen LogP contribution is -2.54. The molecule has 0 amide bonds. The fourth-order valence-electron chi connectivity index (χ4n) is 12.7. The molecule has 358 valence electrons. The van der Waals surface area contributed by atoms with Crippen LogP contribution in [0.3, 0.4) is 0 Å². The summed E-state index contributed by atoms with van der Waals surface area (Å²) in [6.45, 7) is 63.6. The predicted octanol–water partition coefficient (Wildman–Crippen LogP) is 10.5. The van der Waals surface area contributed by atoms with E-state index in [1.807, 2.05) is 0 Å². The van der Waals surface area contributed by atoms with E-state index >= 15 is 0 Å². The van der Waals surface area contributed by atoms with Crippen LogP contribution in [-0.2, 0) is 0 Å². The summed E-state index contributed by atoms with van der Waals surface area (Å²) in [7, 11) is 0. The summed E-state index contributed by atoms with van der Waals surface area (Å²) < 4.78 is 0. The van der Waals surface area contributed by atoms with Gasteiger partial charge in [0.2, 0.25) is 0 Å². The van der Waals surface area contributed by atoms with E-state index < -0.39 is 0 Å². The van der Waals surface area contributed by atoms with E-state index in [-0.39, 0.29) is 0 Å². The fraction of sp³-hybridized carbons (Fsp3) is 1.00. The standard InChI is InChI=1S/C20H39N3.C18H36N2.C16H32N2/c1-19(2,3)22-9-7-16(8-10-22)11-21-12-17-14-23(20(4,5)6)15-18(17)13-21;1-16(2,3)14-19-11-7-8-18(15-19)9-12-20(13-10-18)17(4,5)6;1-14(2,3)17-10-7-16(8-11-17)9-12-18(13-16)15(4,5)6/h16-18H,7-15H2,1-6H3;7-15H2,1-6H3;7-13H2,1-6H3. The van der Waals surface area contributed by atoms with E-state index in [1.54, 1.807) is 0 Å². The largest absolute Gasteiger partial charge is 0.302 e. The van der Waals surface area contributed by atoms with Crippen LogP contribution in [0.4, 0.5) is 0 Å². The van der Waals surface area contributed by atoms with Crippen molar-refractivity contribution in [2.75, 3.05) is 105 Å². The molecular formula is C54H107N7. The van der Waals surface area contributed by atoms with Crippen LogP contribution in [0.1, 0.15) is 182 Å². The smallest absolute Gasteiger partial charge is 0.0125 e. The van der Waals surface area contributed by atoms with Crippen molar-refractivity contribution in [2.24, 2.45) is 34.0 Å². The number of piperidine rings is 4. The Morgan fingerprint density at radius 3 is 1.13 bits per heavy atom. The first kappa shape index (κ1) is 51.7. The molecule has 0 radical (unpaired) electrons. The number of nitrogens with zero attached hydrogens (tertiary/aromatic N) is 7. The highest BCUT2D eigenvalue weighted by Gasteiger charge is 2.46. The normalized spacial score (nSPS) is 28.8. The molecule has 0 N–H and O–H groups in total. The Kier molecular flexibility index (Phi) is 16.5. The monoisotopic (exact) mass is 854 g/mol. The van der Waals surface area contributed by atoms with Gasteiger partial charge in [-0.25, -0.2) is 0 Å². The van der Waals surface area contributed by atoms with Crippen molar-refractivity contribution in [3.63, 3.8) is 0 Å². The molecule has 0 aromatic rings. The number of hydrogen-bond donors (Lipinski definition) is 0. The van der Waals surface area contributed by atoms with Crippen LogP contribution in [0.25, 0.3) is 0 Å². The zero-order valence-electron chi connectivity index (χ0n) is 44.5. The van der Waals surface area contributed by atoms with E-state index in [2.05, 4.69) is 159 Å². The van der Waals surface area contributed by atoms with Gasteiger partial charge in [0, 0.05) is 80.1 Å². The lowest BCUT2D eigenvalue weighted by Gasteiger charge is -2.51. The van der Waals surface area contributed by atoms with Gasteiger partial charge in [-0.1, -0.05) is 20.8 Å². The van der Waals surface area contributed by atoms with Crippen molar-refractivity contribution in [1.29, 1.82) is 0 Å². The second-order valence-corrected chi connectivity index (χ2v) is 28.4. The minimum absolute atomic E-state index is 0.349. The van der Waals surface area contributed by atoms with Gasteiger partial charge in [0.1, 0.15) is 0 Å². The van der Waals surface area contributed by atoms with Crippen molar-refractivity contribution >= 4 is 0 Å². The van der Waals surface area contributed by atoms with Crippen LogP contribution in [0.15, 0.2) is 0 Å². The molecule has 7 rings (SSSR count). The molecule has 7 nitrogen and oxygen atoms in total. The molecule has 2 atom stereocenters. The predicted molar refractivity (Wildman–Crippen MR) is 266 cm³/mol. The third-order valence-corrected chi connectivity index (χ3v) is 17.0. The maximum absolute atomic E-state index is 2.80. The molecule has 0 saturated carbocycles. The summed E-state index contributed by atoms with van der Waals surface area (Å²) in [4.78, 5) is 19.0. The fourth-order valence-corrected chi connectivity index (χ4v) is 12.7. The Morgan fingerprint density at radius 2 is 0.754 bits per heavy atom. The lowest BCUT2D eigenvalue weighted by atomic mass is 9.71. The molecule has 7 fully saturated rings. The molecule has 7 aliphatic heterocycles. The van der Waals surface area contributed by atoms with Gasteiger partial charge >= 0.3 is 0 Å². The minimum Gasteiger partial charge on any atom is -0.302 e. The Labute approximate surface area is 381 Å². The molecule has 61 heavy (non-hydrogen) atoms. The SMILES string of the molecule is CC(C)(C)CN1CCCC2(CCN(C(C)(C)C)CC2)C1.CC(C)(C)N1CCC(CN2CC3CN(C(C)(C)C)CC3C2)CC1.CC(C)(C)N1CCC2(CC1)CCN(C(C)(C)C)C2. The zero-order valence-corrected chi connectivity index (χ0v) is 44.5. The molecule has 7 aliphatic rings. The molecule has 2 spiro atoms.